The number of aromatic nitrogens is 2. The molecule has 1 saturated carbocycles. The van der Waals surface area contributed by atoms with Gasteiger partial charge < -0.3 is 10.4 Å². The Hall–Kier alpha value is -0.870. The molecule has 1 heterocycles. The van der Waals surface area contributed by atoms with Gasteiger partial charge in [-0.2, -0.15) is 5.10 Å². The van der Waals surface area contributed by atoms with Crippen LogP contribution in [0.25, 0.3) is 0 Å². The molecular weight excluding hydrogens is 214 g/mol. The Kier molecular flexibility index (Phi) is 4.18. The smallest absolute Gasteiger partial charge is 0.0719 e. The van der Waals surface area contributed by atoms with Crippen LogP contribution in [-0.4, -0.2) is 33.6 Å². The fourth-order valence-electron chi connectivity index (χ4n) is 2.03. The summed E-state index contributed by atoms with van der Waals surface area (Å²) in [5, 5.41) is 17.8. The van der Waals surface area contributed by atoms with Crippen molar-refractivity contribution in [2.75, 3.05) is 6.54 Å². The van der Waals surface area contributed by atoms with Crippen LogP contribution in [0.15, 0.2) is 6.07 Å². The molecule has 0 spiro atoms. The van der Waals surface area contributed by atoms with Crippen molar-refractivity contribution in [1.82, 2.24) is 15.1 Å². The SMILES string of the molecule is CCc1cc(CC(O)CNC2CC2)n(CC)n1. The molecule has 0 amide bonds. The largest absolute Gasteiger partial charge is 0.391 e. The average Bonchev–Trinajstić information content (AvgIpc) is 3.08. The molecule has 0 radical (unpaired) electrons. The predicted molar refractivity (Wildman–Crippen MR) is 68.0 cm³/mol. The van der Waals surface area contributed by atoms with Crippen LogP contribution < -0.4 is 5.32 Å². The third-order valence-electron chi connectivity index (χ3n) is 3.24. The van der Waals surface area contributed by atoms with Crippen LogP contribution in [0.2, 0.25) is 0 Å². The molecule has 1 unspecified atom stereocenters. The Morgan fingerprint density at radius 1 is 1.53 bits per heavy atom. The summed E-state index contributed by atoms with van der Waals surface area (Å²) < 4.78 is 2.00. The van der Waals surface area contributed by atoms with E-state index in [4.69, 9.17) is 0 Å². The van der Waals surface area contributed by atoms with Gasteiger partial charge in [0.25, 0.3) is 0 Å². The number of aliphatic hydroxyl groups excluding tert-OH is 1. The van der Waals surface area contributed by atoms with Crippen molar-refractivity contribution in [2.24, 2.45) is 0 Å². The second-order valence-corrected chi connectivity index (χ2v) is 4.84. The van der Waals surface area contributed by atoms with E-state index in [2.05, 4.69) is 30.3 Å². The van der Waals surface area contributed by atoms with Crippen molar-refractivity contribution in [3.8, 4) is 0 Å². The van der Waals surface area contributed by atoms with Gasteiger partial charge in [-0.25, -0.2) is 0 Å². The zero-order valence-corrected chi connectivity index (χ0v) is 10.8. The Bertz CT molecular complexity index is 358. The normalized spacial score (nSPS) is 17.4. The molecule has 2 N–H and O–H groups in total. The molecule has 1 fully saturated rings. The van der Waals surface area contributed by atoms with Crippen LogP contribution >= 0.6 is 0 Å². The lowest BCUT2D eigenvalue weighted by atomic mass is 10.1. The standard InChI is InChI=1S/C13H23N3O/c1-3-10-7-12(16(4-2)15-10)8-13(17)9-14-11-5-6-11/h7,11,13-14,17H,3-6,8-9H2,1-2H3. The monoisotopic (exact) mass is 237 g/mol. The molecule has 0 aromatic carbocycles. The predicted octanol–water partition coefficient (Wildman–Crippen LogP) is 1.12. The molecular formula is C13H23N3O. The molecule has 96 valence electrons. The number of aryl methyl sites for hydroxylation is 2. The van der Waals surface area contributed by atoms with E-state index in [1.165, 1.54) is 12.8 Å². The highest BCUT2D eigenvalue weighted by atomic mass is 16.3. The number of rotatable bonds is 7. The summed E-state index contributed by atoms with van der Waals surface area (Å²) >= 11 is 0. The Morgan fingerprint density at radius 3 is 2.88 bits per heavy atom. The lowest BCUT2D eigenvalue weighted by molar-refractivity contribution is 0.168. The molecule has 1 atom stereocenters. The first kappa shape index (κ1) is 12.6. The second kappa shape index (κ2) is 5.65. The minimum atomic E-state index is -0.303. The third kappa shape index (κ3) is 3.54. The summed E-state index contributed by atoms with van der Waals surface area (Å²) in [7, 11) is 0. The Morgan fingerprint density at radius 2 is 2.29 bits per heavy atom. The van der Waals surface area contributed by atoms with Crippen LogP contribution in [-0.2, 0) is 19.4 Å². The summed E-state index contributed by atoms with van der Waals surface area (Å²) in [5.41, 5.74) is 2.26. The van der Waals surface area contributed by atoms with E-state index in [1.807, 2.05) is 4.68 Å². The van der Waals surface area contributed by atoms with E-state index < -0.39 is 0 Å². The van der Waals surface area contributed by atoms with E-state index in [-0.39, 0.29) is 6.10 Å². The van der Waals surface area contributed by atoms with Crippen molar-refractivity contribution in [2.45, 2.75) is 58.2 Å². The number of nitrogens with one attached hydrogen (secondary N) is 1. The lowest BCUT2D eigenvalue weighted by Gasteiger charge is -2.12. The van der Waals surface area contributed by atoms with Crippen LogP contribution in [0.5, 0.6) is 0 Å². The molecule has 17 heavy (non-hydrogen) atoms. The molecule has 0 bridgehead atoms. The Balaban J connectivity index is 1.88. The Labute approximate surface area is 103 Å². The molecule has 4 nitrogen and oxygen atoms in total. The van der Waals surface area contributed by atoms with E-state index in [0.29, 0.717) is 19.0 Å². The van der Waals surface area contributed by atoms with Crippen molar-refractivity contribution >= 4 is 0 Å². The lowest BCUT2D eigenvalue weighted by Crippen LogP contribution is -2.30. The highest BCUT2D eigenvalue weighted by molar-refractivity contribution is 5.11. The maximum atomic E-state index is 9.98. The van der Waals surface area contributed by atoms with Crippen molar-refractivity contribution < 1.29 is 5.11 Å². The van der Waals surface area contributed by atoms with Crippen LogP contribution in [0.4, 0.5) is 0 Å². The number of hydrogen-bond acceptors (Lipinski definition) is 3. The molecule has 0 saturated heterocycles. The van der Waals surface area contributed by atoms with E-state index in [1.54, 1.807) is 0 Å². The average molecular weight is 237 g/mol. The molecule has 1 aromatic rings. The van der Waals surface area contributed by atoms with Crippen molar-refractivity contribution in [3.63, 3.8) is 0 Å². The highest BCUT2D eigenvalue weighted by Gasteiger charge is 2.21. The van der Waals surface area contributed by atoms with Crippen LogP contribution in [0.1, 0.15) is 38.1 Å². The van der Waals surface area contributed by atoms with E-state index in [0.717, 1.165) is 24.4 Å². The van der Waals surface area contributed by atoms with Gasteiger partial charge in [-0.3, -0.25) is 4.68 Å². The molecule has 1 aliphatic rings. The van der Waals surface area contributed by atoms with Gasteiger partial charge >= 0.3 is 0 Å². The van der Waals surface area contributed by atoms with E-state index >= 15 is 0 Å². The highest BCUT2D eigenvalue weighted by Crippen LogP contribution is 2.18. The van der Waals surface area contributed by atoms with E-state index in [9.17, 15) is 5.11 Å². The fourth-order valence-corrected chi connectivity index (χ4v) is 2.03. The topological polar surface area (TPSA) is 50.1 Å². The minimum absolute atomic E-state index is 0.303. The van der Waals surface area contributed by atoms with Gasteiger partial charge in [0.05, 0.1) is 11.8 Å². The van der Waals surface area contributed by atoms with Gasteiger partial charge in [-0.15, -0.1) is 0 Å². The molecule has 2 rings (SSSR count). The van der Waals surface area contributed by atoms with Crippen molar-refractivity contribution in [1.29, 1.82) is 0 Å². The van der Waals surface area contributed by atoms with Gasteiger partial charge in [0.2, 0.25) is 0 Å². The number of nitrogens with zero attached hydrogens (tertiary/aromatic N) is 2. The van der Waals surface area contributed by atoms with Gasteiger partial charge in [0.1, 0.15) is 0 Å². The van der Waals surface area contributed by atoms with Gasteiger partial charge in [0.15, 0.2) is 0 Å². The van der Waals surface area contributed by atoms with Crippen LogP contribution in [0, 0.1) is 0 Å². The first-order valence-corrected chi connectivity index (χ1v) is 6.70. The first-order chi connectivity index (χ1) is 8.22. The number of hydrogen-bond donors (Lipinski definition) is 2. The molecule has 1 aliphatic carbocycles. The summed E-state index contributed by atoms with van der Waals surface area (Å²) in [5.74, 6) is 0. The van der Waals surface area contributed by atoms with Gasteiger partial charge in [0, 0.05) is 31.2 Å². The summed E-state index contributed by atoms with van der Waals surface area (Å²) in [6.07, 6.45) is 3.87. The second-order valence-electron chi connectivity index (χ2n) is 4.84. The maximum Gasteiger partial charge on any atom is 0.0719 e. The number of aliphatic hydroxyl groups is 1. The molecule has 4 heteroatoms. The summed E-state index contributed by atoms with van der Waals surface area (Å²) in [6.45, 7) is 5.76. The quantitative estimate of drug-likeness (QED) is 0.747. The van der Waals surface area contributed by atoms with Crippen molar-refractivity contribution in [3.05, 3.63) is 17.5 Å². The zero-order valence-electron chi connectivity index (χ0n) is 10.8. The maximum absolute atomic E-state index is 9.98. The molecule has 1 aromatic heterocycles. The third-order valence-corrected chi connectivity index (χ3v) is 3.24. The van der Waals surface area contributed by atoms with Crippen LogP contribution in [0.3, 0.4) is 0 Å². The fraction of sp³-hybridized carbons (Fsp3) is 0.769. The summed E-state index contributed by atoms with van der Waals surface area (Å²) in [4.78, 5) is 0. The first-order valence-electron chi connectivity index (χ1n) is 6.70. The summed E-state index contributed by atoms with van der Waals surface area (Å²) in [6, 6.07) is 2.77. The molecule has 0 aliphatic heterocycles. The van der Waals surface area contributed by atoms with Gasteiger partial charge in [-0.1, -0.05) is 6.92 Å². The minimum Gasteiger partial charge on any atom is -0.391 e. The zero-order chi connectivity index (χ0) is 12.3. The van der Waals surface area contributed by atoms with Gasteiger partial charge in [-0.05, 0) is 32.3 Å².